The number of carbonyl (C=O) groups excluding carboxylic acids is 1. The molecule has 0 bridgehead atoms. The molecule has 0 aliphatic rings. The number of urea groups is 1. The molecule has 0 unspecified atom stereocenters. The van der Waals surface area contributed by atoms with Gasteiger partial charge in [0.05, 0.1) is 22.9 Å². The van der Waals surface area contributed by atoms with Crippen LogP contribution in [0.25, 0.3) is 11.0 Å². The van der Waals surface area contributed by atoms with Crippen molar-refractivity contribution < 1.29 is 4.79 Å². The van der Waals surface area contributed by atoms with E-state index in [-0.39, 0.29) is 0 Å². The van der Waals surface area contributed by atoms with E-state index in [4.69, 9.17) is 5.73 Å². The van der Waals surface area contributed by atoms with Crippen molar-refractivity contribution in [1.29, 1.82) is 0 Å². The van der Waals surface area contributed by atoms with Crippen LogP contribution in [0.4, 0.5) is 10.5 Å². The van der Waals surface area contributed by atoms with E-state index < -0.39 is 6.03 Å². The molecule has 0 spiro atoms. The predicted octanol–water partition coefficient (Wildman–Crippen LogP) is 1.05. The second-order valence-corrected chi connectivity index (χ2v) is 2.62. The summed E-state index contributed by atoms with van der Waals surface area (Å²) in [5.74, 6) is 0. The van der Waals surface area contributed by atoms with Crippen LogP contribution in [0.1, 0.15) is 0 Å². The van der Waals surface area contributed by atoms with E-state index in [1.807, 2.05) is 6.07 Å². The van der Waals surface area contributed by atoms with Gasteiger partial charge in [-0.25, -0.2) is 4.79 Å². The summed E-state index contributed by atoms with van der Waals surface area (Å²) >= 11 is 0. The minimum absolute atomic E-state index is 0.586. The first-order valence-electron chi connectivity index (χ1n) is 3.75. The number of aromatic nitrogens is 2. The highest BCUT2D eigenvalue weighted by Crippen LogP contribution is 2.13. The maximum atomic E-state index is 10.5. The Morgan fingerprint density at radius 2 is 2.46 bits per heavy atom. The Morgan fingerprint density at radius 1 is 1.62 bits per heavy atom. The summed E-state index contributed by atoms with van der Waals surface area (Å²) in [6.45, 7) is 0. The molecule has 2 aromatic heterocycles. The number of hydrogen-bond donors (Lipinski definition) is 3. The third-order valence-corrected chi connectivity index (χ3v) is 1.67. The van der Waals surface area contributed by atoms with Gasteiger partial charge in [0.2, 0.25) is 0 Å². The lowest BCUT2D eigenvalue weighted by Crippen LogP contribution is -2.19. The van der Waals surface area contributed by atoms with Crippen LogP contribution in [0.2, 0.25) is 0 Å². The average molecular weight is 176 g/mol. The van der Waals surface area contributed by atoms with Crippen LogP contribution in [0, 0.1) is 0 Å². The molecule has 0 aliphatic heterocycles. The first-order valence-corrected chi connectivity index (χ1v) is 3.75. The summed E-state index contributed by atoms with van der Waals surface area (Å²) in [6.07, 6.45) is 3.34. The van der Waals surface area contributed by atoms with Crippen LogP contribution in [0.3, 0.4) is 0 Å². The van der Waals surface area contributed by atoms with Crippen molar-refractivity contribution in [3.63, 3.8) is 0 Å². The van der Waals surface area contributed by atoms with Gasteiger partial charge in [-0.2, -0.15) is 0 Å². The molecule has 0 fully saturated rings. The maximum absolute atomic E-state index is 10.5. The van der Waals surface area contributed by atoms with Crippen molar-refractivity contribution >= 4 is 22.8 Å². The van der Waals surface area contributed by atoms with E-state index in [1.165, 1.54) is 0 Å². The Labute approximate surface area is 74.0 Å². The van der Waals surface area contributed by atoms with Crippen LogP contribution < -0.4 is 11.1 Å². The van der Waals surface area contributed by atoms with E-state index >= 15 is 0 Å². The number of nitrogens with one attached hydrogen (secondary N) is 2. The molecular formula is C8H8N4O. The summed E-state index contributed by atoms with van der Waals surface area (Å²) in [4.78, 5) is 17.6. The van der Waals surface area contributed by atoms with Crippen molar-refractivity contribution in [2.45, 2.75) is 0 Å². The number of fused-ring (bicyclic) bond motifs is 1. The van der Waals surface area contributed by atoms with E-state index in [9.17, 15) is 4.79 Å². The van der Waals surface area contributed by atoms with Crippen LogP contribution >= 0.6 is 0 Å². The van der Waals surface area contributed by atoms with Crippen LogP contribution in [-0.2, 0) is 0 Å². The number of rotatable bonds is 1. The number of aromatic amines is 1. The van der Waals surface area contributed by atoms with Crippen molar-refractivity contribution in [3.05, 3.63) is 24.5 Å². The van der Waals surface area contributed by atoms with E-state index in [0.717, 1.165) is 11.0 Å². The number of pyridine rings is 1. The Kier molecular flexibility index (Phi) is 1.63. The molecule has 13 heavy (non-hydrogen) atoms. The van der Waals surface area contributed by atoms with Crippen molar-refractivity contribution in [2.75, 3.05) is 5.32 Å². The molecule has 0 aromatic carbocycles. The number of amides is 2. The zero-order chi connectivity index (χ0) is 9.26. The largest absolute Gasteiger partial charge is 0.360 e. The monoisotopic (exact) mass is 176 g/mol. The molecule has 0 saturated heterocycles. The predicted molar refractivity (Wildman–Crippen MR) is 49.3 cm³/mol. The van der Waals surface area contributed by atoms with Crippen LogP contribution in [0.5, 0.6) is 0 Å². The number of H-pyrrole nitrogens is 1. The lowest BCUT2D eigenvalue weighted by Gasteiger charge is -1.99. The van der Waals surface area contributed by atoms with E-state index in [0.29, 0.717) is 5.69 Å². The standard InChI is InChI=1S/C8H8N4O/c9-8(13)12-5-3-7-6(11-4-5)1-2-10-7/h1-4,10H,(H3,9,12,13). The lowest BCUT2D eigenvalue weighted by atomic mass is 10.3. The fraction of sp³-hybridized carbons (Fsp3) is 0. The normalized spacial score (nSPS) is 10.2. The summed E-state index contributed by atoms with van der Waals surface area (Å²) in [5, 5.41) is 2.44. The fourth-order valence-corrected chi connectivity index (χ4v) is 1.14. The molecule has 0 saturated carbocycles. The molecule has 5 nitrogen and oxygen atoms in total. The molecule has 66 valence electrons. The Balaban J connectivity index is 2.42. The number of primary amides is 1. The van der Waals surface area contributed by atoms with Gasteiger partial charge in [0, 0.05) is 6.20 Å². The molecule has 0 aliphatic carbocycles. The molecular weight excluding hydrogens is 168 g/mol. The van der Waals surface area contributed by atoms with Crippen molar-refractivity contribution in [3.8, 4) is 0 Å². The van der Waals surface area contributed by atoms with Gasteiger partial charge >= 0.3 is 6.03 Å². The number of hydrogen-bond acceptors (Lipinski definition) is 2. The Bertz CT molecular complexity index is 448. The molecule has 5 heteroatoms. The second-order valence-electron chi connectivity index (χ2n) is 2.62. The zero-order valence-electron chi connectivity index (χ0n) is 6.74. The Morgan fingerprint density at radius 3 is 3.23 bits per heavy atom. The van der Waals surface area contributed by atoms with Crippen molar-refractivity contribution in [2.24, 2.45) is 5.73 Å². The maximum Gasteiger partial charge on any atom is 0.316 e. The SMILES string of the molecule is NC(=O)Nc1cnc2cc[nH]c2c1. The first-order chi connectivity index (χ1) is 6.25. The average Bonchev–Trinajstić information content (AvgIpc) is 2.49. The third kappa shape index (κ3) is 1.44. The highest BCUT2D eigenvalue weighted by molar-refractivity contribution is 5.90. The lowest BCUT2D eigenvalue weighted by molar-refractivity contribution is 0.259. The third-order valence-electron chi connectivity index (χ3n) is 1.67. The number of carbonyl (C=O) groups is 1. The number of anilines is 1. The zero-order valence-corrected chi connectivity index (χ0v) is 6.74. The smallest absolute Gasteiger partial charge is 0.316 e. The van der Waals surface area contributed by atoms with Crippen LogP contribution in [0.15, 0.2) is 24.5 Å². The van der Waals surface area contributed by atoms with E-state index in [1.54, 1.807) is 18.5 Å². The first kappa shape index (κ1) is 7.60. The fourth-order valence-electron chi connectivity index (χ4n) is 1.14. The second kappa shape index (κ2) is 2.78. The van der Waals surface area contributed by atoms with Gasteiger partial charge in [0.25, 0.3) is 0 Å². The van der Waals surface area contributed by atoms with Gasteiger partial charge in [-0.3, -0.25) is 4.98 Å². The highest BCUT2D eigenvalue weighted by Gasteiger charge is 1.99. The molecule has 2 aromatic rings. The van der Waals surface area contributed by atoms with Gasteiger partial charge in [-0.15, -0.1) is 0 Å². The molecule has 2 heterocycles. The Hall–Kier alpha value is -2.04. The minimum atomic E-state index is -0.590. The van der Waals surface area contributed by atoms with Crippen molar-refractivity contribution in [1.82, 2.24) is 9.97 Å². The molecule has 0 atom stereocenters. The van der Waals surface area contributed by atoms with Gasteiger partial charge in [-0.1, -0.05) is 0 Å². The van der Waals surface area contributed by atoms with Crippen LogP contribution in [-0.4, -0.2) is 16.0 Å². The van der Waals surface area contributed by atoms with Gasteiger partial charge in [-0.05, 0) is 12.1 Å². The molecule has 2 rings (SSSR count). The van der Waals surface area contributed by atoms with Gasteiger partial charge < -0.3 is 16.0 Å². The summed E-state index contributed by atoms with van der Waals surface area (Å²) in [7, 11) is 0. The number of nitrogens with zero attached hydrogens (tertiary/aromatic N) is 1. The molecule has 4 N–H and O–H groups in total. The molecule has 2 amide bonds. The highest BCUT2D eigenvalue weighted by atomic mass is 16.2. The van der Waals surface area contributed by atoms with E-state index in [2.05, 4.69) is 15.3 Å². The summed E-state index contributed by atoms with van der Waals surface area (Å²) in [5.41, 5.74) is 7.26. The molecule has 0 radical (unpaired) electrons. The quantitative estimate of drug-likeness (QED) is 0.606. The topological polar surface area (TPSA) is 83.8 Å². The van der Waals surface area contributed by atoms with Gasteiger partial charge in [0.1, 0.15) is 0 Å². The van der Waals surface area contributed by atoms with Gasteiger partial charge in [0.15, 0.2) is 0 Å². The summed E-state index contributed by atoms with van der Waals surface area (Å²) < 4.78 is 0. The summed E-state index contributed by atoms with van der Waals surface area (Å²) in [6, 6.07) is 3.03. The number of nitrogens with two attached hydrogens (primary N) is 1. The minimum Gasteiger partial charge on any atom is -0.360 e.